The molecule has 13 heavy (non-hydrogen) atoms. The highest BCUT2D eigenvalue weighted by atomic mass is 15.2. The first-order valence-corrected chi connectivity index (χ1v) is 5.55. The second kappa shape index (κ2) is 4.43. The Kier molecular flexibility index (Phi) is 3.74. The zero-order chi connectivity index (χ0) is 9.90. The SMILES string of the molecule is CC[C@@H]1CCCN(C(C)(C)CN)C1. The van der Waals surface area contributed by atoms with Crippen LogP contribution in [-0.4, -0.2) is 30.1 Å². The lowest BCUT2D eigenvalue weighted by atomic mass is 9.91. The monoisotopic (exact) mass is 184 g/mol. The quantitative estimate of drug-likeness (QED) is 0.725. The van der Waals surface area contributed by atoms with E-state index >= 15 is 0 Å². The number of nitrogens with zero attached hydrogens (tertiary/aromatic N) is 1. The second-order valence-electron chi connectivity index (χ2n) is 4.88. The van der Waals surface area contributed by atoms with Gasteiger partial charge in [0.2, 0.25) is 0 Å². The fourth-order valence-electron chi connectivity index (χ4n) is 2.08. The Balaban J connectivity index is 2.50. The van der Waals surface area contributed by atoms with E-state index in [-0.39, 0.29) is 5.54 Å². The van der Waals surface area contributed by atoms with E-state index in [2.05, 4.69) is 25.7 Å². The number of nitrogens with two attached hydrogens (primary N) is 1. The van der Waals surface area contributed by atoms with Crippen LogP contribution in [0.2, 0.25) is 0 Å². The predicted molar refractivity (Wildman–Crippen MR) is 57.7 cm³/mol. The number of hydrogen-bond acceptors (Lipinski definition) is 2. The van der Waals surface area contributed by atoms with Crippen LogP contribution >= 0.6 is 0 Å². The number of likely N-dealkylation sites (tertiary alicyclic amines) is 1. The summed E-state index contributed by atoms with van der Waals surface area (Å²) in [5.41, 5.74) is 5.98. The van der Waals surface area contributed by atoms with Crippen molar-refractivity contribution >= 4 is 0 Å². The molecule has 0 aliphatic carbocycles. The molecule has 1 rings (SSSR count). The van der Waals surface area contributed by atoms with Crippen LogP contribution in [0.25, 0.3) is 0 Å². The van der Waals surface area contributed by atoms with E-state index in [1.54, 1.807) is 0 Å². The van der Waals surface area contributed by atoms with Gasteiger partial charge in [-0.2, -0.15) is 0 Å². The lowest BCUT2D eigenvalue weighted by Crippen LogP contribution is -2.53. The van der Waals surface area contributed by atoms with Gasteiger partial charge in [0.05, 0.1) is 0 Å². The highest BCUT2D eigenvalue weighted by Gasteiger charge is 2.29. The van der Waals surface area contributed by atoms with E-state index in [1.807, 2.05) is 0 Å². The fourth-order valence-corrected chi connectivity index (χ4v) is 2.08. The Labute approximate surface area is 82.5 Å². The van der Waals surface area contributed by atoms with Gasteiger partial charge in [0.25, 0.3) is 0 Å². The van der Waals surface area contributed by atoms with Gasteiger partial charge in [-0.05, 0) is 39.2 Å². The number of hydrogen-bond donors (Lipinski definition) is 1. The van der Waals surface area contributed by atoms with E-state index in [4.69, 9.17) is 5.73 Å². The van der Waals surface area contributed by atoms with E-state index in [1.165, 1.54) is 32.4 Å². The van der Waals surface area contributed by atoms with Crippen molar-refractivity contribution in [1.29, 1.82) is 0 Å². The molecule has 78 valence electrons. The molecule has 0 amide bonds. The van der Waals surface area contributed by atoms with E-state index in [9.17, 15) is 0 Å². The average molecular weight is 184 g/mol. The Morgan fingerprint density at radius 1 is 1.46 bits per heavy atom. The molecule has 1 fully saturated rings. The maximum absolute atomic E-state index is 5.78. The van der Waals surface area contributed by atoms with Crippen molar-refractivity contribution in [2.75, 3.05) is 19.6 Å². The van der Waals surface area contributed by atoms with Crippen LogP contribution in [0.15, 0.2) is 0 Å². The van der Waals surface area contributed by atoms with Gasteiger partial charge in [0.15, 0.2) is 0 Å². The predicted octanol–water partition coefficient (Wildman–Crippen LogP) is 1.85. The highest BCUT2D eigenvalue weighted by molar-refractivity contribution is 4.86. The van der Waals surface area contributed by atoms with E-state index in [0.717, 1.165) is 12.5 Å². The summed E-state index contributed by atoms with van der Waals surface area (Å²) >= 11 is 0. The molecule has 0 aromatic heterocycles. The van der Waals surface area contributed by atoms with Crippen molar-refractivity contribution in [3.63, 3.8) is 0 Å². The van der Waals surface area contributed by atoms with Crippen LogP contribution < -0.4 is 5.73 Å². The third kappa shape index (κ3) is 2.68. The van der Waals surface area contributed by atoms with Crippen molar-refractivity contribution in [1.82, 2.24) is 4.90 Å². The largest absolute Gasteiger partial charge is 0.329 e. The summed E-state index contributed by atoms with van der Waals surface area (Å²) in [6.45, 7) is 10.1. The van der Waals surface area contributed by atoms with Gasteiger partial charge in [-0.3, -0.25) is 4.90 Å². The van der Waals surface area contributed by atoms with Crippen LogP contribution in [0.1, 0.15) is 40.0 Å². The molecule has 0 radical (unpaired) electrons. The first-order valence-electron chi connectivity index (χ1n) is 5.55. The molecule has 1 aliphatic heterocycles. The van der Waals surface area contributed by atoms with Gasteiger partial charge in [-0.1, -0.05) is 13.3 Å². The van der Waals surface area contributed by atoms with Gasteiger partial charge in [0.1, 0.15) is 0 Å². The summed E-state index contributed by atoms with van der Waals surface area (Å²) in [5.74, 6) is 0.902. The molecule has 2 heteroatoms. The molecule has 0 bridgehead atoms. The minimum atomic E-state index is 0.202. The standard InChI is InChI=1S/C11H24N2/c1-4-10-6-5-7-13(8-10)11(2,3)9-12/h10H,4-9,12H2,1-3H3/t10-/m1/s1. The Hall–Kier alpha value is -0.0800. The summed E-state index contributed by atoms with van der Waals surface area (Å²) in [6, 6.07) is 0. The summed E-state index contributed by atoms with van der Waals surface area (Å²) in [5, 5.41) is 0. The van der Waals surface area contributed by atoms with Gasteiger partial charge in [-0.15, -0.1) is 0 Å². The molecule has 1 atom stereocenters. The minimum absolute atomic E-state index is 0.202. The fraction of sp³-hybridized carbons (Fsp3) is 1.00. The van der Waals surface area contributed by atoms with Gasteiger partial charge >= 0.3 is 0 Å². The summed E-state index contributed by atoms with van der Waals surface area (Å²) in [6.07, 6.45) is 4.08. The third-order valence-electron chi connectivity index (χ3n) is 3.45. The van der Waals surface area contributed by atoms with Crippen molar-refractivity contribution in [2.24, 2.45) is 11.7 Å². The van der Waals surface area contributed by atoms with Crippen molar-refractivity contribution in [3.05, 3.63) is 0 Å². The highest BCUT2D eigenvalue weighted by Crippen LogP contribution is 2.24. The molecule has 1 aliphatic rings. The molecule has 1 saturated heterocycles. The number of piperidine rings is 1. The Morgan fingerprint density at radius 2 is 2.15 bits per heavy atom. The lowest BCUT2D eigenvalue weighted by molar-refractivity contribution is 0.0710. The van der Waals surface area contributed by atoms with Crippen LogP contribution in [0, 0.1) is 5.92 Å². The molecule has 2 N–H and O–H groups in total. The lowest BCUT2D eigenvalue weighted by Gasteiger charge is -2.43. The van der Waals surface area contributed by atoms with Gasteiger partial charge in [-0.25, -0.2) is 0 Å². The maximum atomic E-state index is 5.78. The van der Waals surface area contributed by atoms with Gasteiger partial charge < -0.3 is 5.73 Å². The summed E-state index contributed by atoms with van der Waals surface area (Å²) in [7, 11) is 0. The van der Waals surface area contributed by atoms with Crippen molar-refractivity contribution in [2.45, 2.75) is 45.6 Å². The maximum Gasteiger partial charge on any atom is 0.0275 e. The Morgan fingerprint density at radius 3 is 2.69 bits per heavy atom. The zero-order valence-corrected chi connectivity index (χ0v) is 9.34. The zero-order valence-electron chi connectivity index (χ0n) is 9.34. The normalized spacial score (nSPS) is 26.3. The molecule has 0 saturated carbocycles. The molecule has 1 heterocycles. The average Bonchev–Trinajstić information content (AvgIpc) is 2.18. The molecule has 0 spiro atoms. The minimum Gasteiger partial charge on any atom is -0.329 e. The van der Waals surface area contributed by atoms with Crippen molar-refractivity contribution < 1.29 is 0 Å². The van der Waals surface area contributed by atoms with Gasteiger partial charge in [0, 0.05) is 18.6 Å². The molecule has 2 nitrogen and oxygen atoms in total. The second-order valence-corrected chi connectivity index (χ2v) is 4.88. The Bertz CT molecular complexity index is 154. The van der Waals surface area contributed by atoms with Crippen molar-refractivity contribution in [3.8, 4) is 0 Å². The van der Waals surface area contributed by atoms with Crippen LogP contribution in [0.4, 0.5) is 0 Å². The summed E-state index contributed by atoms with van der Waals surface area (Å²) < 4.78 is 0. The third-order valence-corrected chi connectivity index (χ3v) is 3.45. The topological polar surface area (TPSA) is 29.3 Å². The van der Waals surface area contributed by atoms with E-state index < -0.39 is 0 Å². The molecule has 0 aromatic carbocycles. The number of rotatable bonds is 3. The first kappa shape index (κ1) is 11.0. The smallest absolute Gasteiger partial charge is 0.0275 e. The van der Waals surface area contributed by atoms with E-state index in [0.29, 0.717) is 0 Å². The van der Waals surface area contributed by atoms with Crippen LogP contribution in [-0.2, 0) is 0 Å². The first-order chi connectivity index (χ1) is 6.10. The molecular weight excluding hydrogens is 160 g/mol. The summed E-state index contributed by atoms with van der Waals surface area (Å²) in [4.78, 5) is 2.56. The van der Waals surface area contributed by atoms with Crippen LogP contribution in [0.5, 0.6) is 0 Å². The molecule has 0 aromatic rings. The molecular formula is C11H24N2. The van der Waals surface area contributed by atoms with Crippen LogP contribution in [0.3, 0.4) is 0 Å². The molecule has 0 unspecified atom stereocenters.